The molecule has 26 heteroatoms. The Hall–Kier alpha value is -4.19. The number of hydrogen-bond donors (Lipinski definition) is 3. The highest BCUT2D eigenvalue weighted by atomic mass is 32.5. The summed E-state index contributed by atoms with van der Waals surface area (Å²) < 4.78 is 57.0. The highest BCUT2D eigenvalue weighted by Gasteiger charge is 2.51. The molecule has 57 heavy (non-hydrogen) atoms. The van der Waals surface area contributed by atoms with Crippen molar-refractivity contribution in [3.63, 3.8) is 0 Å². The van der Waals surface area contributed by atoms with Gasteiger partial charge in [-0.05, 0) is 41.5 Å². The lowest BCUT2D eigenvalue weighted by Gasteiger charge is -2.45. The minimum atomic E-state index is -4.10. The molecule has 2 saturated heterocycles. The van der Waals surface area contributed by atoms with Crippen molar-refractivity contribution < 1.29 is 46.7 Å². The number of halogens is 1. The molecule has 0 bridgehead atoms. The van der Waals surface area contributed by atoms with E-state index in [2.05, 4.69) is 29.9 Å². The average molecular weight is 864 g/mol. The minimum Gasteiger partial charge on any atom is -0.476 e. The zero-order valence-corrected chi connectivity index (χ0v) is 32.7. The van der Waals surface area contributed by atoms with E-state index in [0.717, 1.165) is 5.56 Å². The van der Waals surface area contributed by atoms with Crippen LogP contribution in [0.1, 0.15) is 24.3 Å². The Balaban J connectivity index is 0.952. The van der Waals surface area contributed by atoms with Gasteiger partial charge in [0.25, 0.3) is 5.69 Å². The Morgan fingerprint density at radius 1 is 1.00 bits per heavy atom. The standard InChI is InChI=1S/C31H32FN11O10P2S2/c32-22-25-21(12-51-54(46,56)50-11-19-17(10-49-55(47,57)53-25)9-20(19)41-14-37-23-26(33)35-13-36-27(23)41)52-30(22)42-15-38-24-28(39-31-34-6-7-40(31)29(24)42)48-8-5-16-1-3-18(4-2-16)43(44)45/h1-4,6-7,13-15,17,19-22,25,30H,5,8-12H2,(H,46,56)(H,47,57)(H2,33,35,36)/t17-,19-,20-,21-,22-,25-,30-,54?,55?/m1/s1. The highest BCUT2D eigenvalue weighted by Crippen LogP contribution is 2.55. The van der Waals surface area contributed by atoms with Crippen LogP contribution in [0.5, 0.6) is 5.88 Å². The molecular formula is C31H32FN11O10P2S2. The molecule has 3 fully saturated rings. The largest absolute Gasteiger partial charge is 0.476 e. The van der Waals surface area contributed by atoms with Crippen LogP contribution in [0.2, 0.25) is 0 Å². The van der Waals surface area contributed by atoms with Crippen LogP contribution in [0.25, 0.3) is 28.1 Å². The van der Waals surface area contributed by atoms with Gasteiger partial charge >= 0.3 is 13.4 Å². The fourth-order valence-electron chi connectivity index (χ4n) is 7.35. The summed E-state index contributed by atoms with van der Waals surface area (Å²) in [7, 11) is 0. The molecule has 2 aliphatic heterocycles. The zero-order chi connectivity index (χ0) is 39.6. The first-order valence-corrected chi connectivity index (χ1v) is 22.6. The molecule has 1 aromatic carbocycles. The van der Waals surface area contributed by atoms with Crippen LogP contribution < -0.4 is 10.5 Å². The third-order valence-electron chi connectivity index (χ3n) is 10.3. The molecule has 0 radical (unpaired) electrons. The van der Waals surface area contributed by atoms with Crippen LogP contribution in [-0.2, 0) is 52.9 Å². The van der Waals surface area contributed by atoms with E-state index in [1.165, 1.54) is 35.6 Å². The van der Waals surface area contributed by atoms with Crippen molar-refractivity contribution >= 4 is 76.7 Å². The fraction of sp³-hybridized carbons (Fsp3) is 0.419. The summed E-state index contributed by atoms with van der Waals surface area (Å²) in [6.45, 7) is -8.52. The lowest BCUT2D eigenvalue weighted by Crippen LogP contribution is -2.43. The van der Waals surface area contributed by atoms with Gasteiger partial charge in [-0.1, -0.05) is 12.1 Å². The maximum absolute atomic E-state index is 16.8. The van der Waals surface area contributed by atoms with Gasteiger partial charge in [-0.15, -0.1) is 0 Å². The summed E-state index contributed by atoms with van der Waals surface area (Å²) in [6, 6.07) is 5.86. The number of nitro groups is 1. The number of aromatic nitrogens is 9. The molecule has 3 aliphatic rings. The van der Waals surface area contributed by atoms with Crippen molar-refractivity contribution in [2.24, 2.45) is 11.8 Å². The number of non-ortho nitro benzene ring substituents is 1. The fourth-order valence-corrected chi connectivity index (χ4v) is 9.97. The molecular weight excluding hydrogens is 831 g/mol. The lowest BCUT2D eigenvalue weighted by atomic mass is 9.70. The SMILES string of the molecule is Nc1ncnc2c1ncn2[C@@H]1C[C@@H]2COP(O)(=S)O[C@H]3[C@@H](F)[C@H](n4cnc5c(OCCc6ccc([N+](=O)[O-])cc6)nc6nccn6c54)O[C@@H]3COP(O)(=S)OC[C@H]21. The van der Waals surface area contributed by atoms with E-state index in [-0.39, 0.29) is 66.4 Å². The van der Waals surface area contributed by atoms with Crippen LogP contribution in [0.4, 0.5) is 15.9 Å². The van der Waals surface area contributed by atoms with Crippen molar-refractivity contribution in [3.05, 3.63) is 71.3 Å². The summed E-state index contributed by atoms with van der Waals surface area (Å²) in [6.07, 6.45) is 2.08. The van der Waals surface area contributed by atoms with Crippen molar-refractivity contribution in [2.75, 3.05) is 32.2 Å². The molecule has 9 rings (SSSR count). The Morgan fingerprint density at radius 3 is 2.56 bits per heavy atom. The second-order valence-electron chi connectivity index (χ2n) is 13.6. The third kappa shape index (κ3) is 7.29. The van der Waals surface area contributed by atoms with Crippen LogP contribution in [0, 0.1) is 22.0 Å². The van der Waals surface area contributed by atoms with E-state index in [1.807, 2.05) is 4.57 Å². The third-order valence-corrected chi connectivity index (χ3v) is 13.4. The van der Waals surface area contributed by atoms with Gasteiger partial charge in [0.15, 0.2) is 35.0 Å². The van der Waals surface area contributed by atoms with Crippen LogP contribution in [0.3, 0.4) is 0 Å². The Labute approximate surface area is 330 Å². The summed E-state index contributed by atoms with van der Waals surface area (Å²) in [5, 5.41) is 11.0. The normalized spacial score (nSPS) is 30.9. The summed E-state index contributed by atoms with van der Waals surface area (Å²) in [4.78, 5) is 58.9. The zero-order valence-electron chi connectivity index (χ0n) is 29.3. The van der Waals surface area contributed by atoms with Gasteiger partial charge in [-0.25, -0.2) is 29.3 Å². The van der Waals surface area contributed by atoms with Gasteiger partial charge in [0.05, 0.1) is 44.0 Å². The van der Waals surface area contributed by atoms with Gasteiger partial charge in [0, 0.05) is 42.9 Å². The molecule has 6 aromatic rings. The molecule has 9 atom stereocenters. The van der Waals surface area contributed by atoms with Crippen LogP contribution in [0.15, 0.2) is 55.6 Å². The molecule has 2 unspecified atom stereocenters. The number of fused-ring (bicyclic) bond motifs is 6. The molecule has 0 amide bonds. The number of alkyl halides is 1. The number of nitrogens with two attached hydrogens (primary N) is 1. The number of nitro benzene ring substituents is 1. The number of benzene rings is 1. The smallest absolute Gasteiger partial charge is 0.324 e. The van der Waals surface area contributed by atoms with E-state index < -0.39 is 49.6 Å². The average Bonchev–Trinajstić information content (AvgIpc) is 3.97. The predicted octanol–water partition coefficient (Wildman–Crippen LogP) is 3.33. The molecule has 0 spiro atoms. The Bertz CT molecular complexity index is 2600. The number of anilines is 1. The molecule has 5 aromatic heterocycles. The second kappa shape index (κ2) is 14.9. The maximum atomic E-state index is 16.8. The monoisotopic (exact) mass is 863 g/mol. The number of imidazole rings is 3. The van der Waals surface area contributed by atoms with E-state index >= 15 is 4.39 Å². The van der Waals surface area contributed by atoms with Gasteiger partial charge in [0.1, 0.15) is 24.1 Å². The number of nitrogen functional groups attached to an aromatic ring is 1. The number of nitrogens with zero attached hydrogens (tertiary/aromatic N) is 10. The molecule has 1 saturated carbocycles. The lowest BCUT2D eigenvalue weighted by molar-refractivity contribution is -0.384. The first-order chi connectivity index (χ1) is 27.4. The second-order valence-corrected chi connectivity index (χ2v) is 19.2. The Morgan fingerprint density at radius 2 is 1.75 bits per heavy atom. The maximum Gasteiger partial charge on any atom is 0.324 e. The molecule has 1 aliphatic carbocycles. The van der Waals surface area contributed by atoms with Crippen molar-refractivity contribution in [3.8, 4) is 5.88 Å². The number of ether oxygens (including phenoxy) is 2. The van der Waals surface area contributed by atoms with Gasteiger partial charge < -0.3 is 43.1 Å². The summed E-state index contributed by atoms with van der Waals surface area (Å²) in [5.41, 5.74) is 8.26. The first-order valence-electron chi connectivity index (χ1n) is 17.4. The summed E-state index contributed by atoms with van der Waals surface area (Å²) in [5.74, 6) is -0.0191. The molecule has 4 N–H and O–H groups in total. The van der Waals surface area contributed by atoms with E-state index in [0.29, 0.717) is 29.7 Å². The van der Waals surface area contributed by atoms with E-state index in [4.69, 9.17) is 56.9 Å². The molecule has 21 nitrogen and oxygen atoms in total. The predicted molar refractivity (Wildman–Crippen MR) is 203 cm³/mol. The van der Waals surface area contributed by atoms with Gasteiger partial charge in [-0.3, -0.25) is 23.6 Å². The van der Waals surface area contributed by atoms with Gasteiger partial charge in [0.2, 0.25) is 11.7 Å². The van der Waals surface area contributed by atoms with Crippen molar-refractivity contribution in [1.29, 1.82) is 0 Å². The van der Waals surface area contributed by atoms with E-state index in [9.17, 15) is 19.9 Å². The minimum absolute atomic E-state index is 0.0276. The summed E-state index contributed by atoms with van der Waals surface area (Å²) >= 11 is 10.8. The molecule has 7 heterocycles. The Kier molecular flexibility index (Phi) is 10.0. The first kappa shape index (κ1) is 38.3. The van der Waals surface area contributed by atoms with Crippen molar-refractivity contribution in [1.82, 2.24) is 43.4 Å². The van der Waals surface area contributed by atoms with E-state index in [1.54, 1.807) is 29.1 Å². The molecule has 300 valence electrons. The highest BCUT2D eigenvalue weighted by molar-refractivity contribution is 8.07. The van der Waals surface area contributed by atoms with Crippen molar-refractivity contribution in [2.45, 2.75) is 43.5 Å². The van der Waals surface area contributed by atoms with Gasteiger partial charge in [-0.2, -0.15) is 4.98 Å². The number of hydrogen-bond acceptors (Lipinski definition) is 17. The van der Waals surface area contributed by atoms with Crippen LogP contribution in [-0.4, -0.2) is 103 Å². The quantitative estimate of drug-likeness (QED) is 0.118. The topological polar surface area (TPSA) is 257 Å². The number of rotatable bonds is 7. The van der Waals surface area contributed by atoms with Crippen LogP contribution >= 0.6 is 13.4 Å².